The van der Waals surface area contributed by atoms with Crippen molar-refractivity contribution in [3.05, 3.63) is 70.8 Å². The number of hydrogen-bond acceptors (Lipinski definition) is 2. The normalized spacial score (nSPS) is 19.9. The van der Waals surface area contributed by atoms with Crippen molar-refractivity contribution in [3.8, 4) is 0 Å². The summed E-state index contributed by atoms with van der Waals surface area (Å²) in [4.78, 5) is 26.7. The van der Waals surface area contributed by atoms with Gasteiger partial charge >= 0.3 is 0 Å². The number of amides is 2. The SMILES string of the molecule is CC(=O)NC1CCN(C(=O)c2cc(C)cc(C)c2)C(c2ccccc2)C1. The molecule has 4 heteroatoms. The second kappa shape index (κ2) is 7.73. The number of benzene rings is 2. The minimum atomic E-state index is -0.0323. The van der Waals surface area contributed by atoms with Gasteiger partial charge < -0.3 is 10.2 Å². The highest BCUT2D eigenvalue weighted by molar-refractivity contribution is 5.95. The van der Waals surface area contributed by atoms with Crippen LogP contribution in [-0.4, -0.2) is 29.3 Å². The van der Waals surface area contributed by atoms with Gasteiger partial charge in [0.05, 0.1) is 6.04 Å². The molecule has 4 nitrogen and oxygen atoms in total. The molecule has 1 fully saturated rings. The van der Waals surface area contributed by atoms with Crippen molar-refractivity contribution in [1.29, 1.82) is 0 Å². The van der Waals surface area contributed by atoms with Gasteiger partial charge in [0.1, 0.15) is 0 Å². The third-order valence-corrected chi connectivity index (χ3v) is 4.92. The lowest BCUT2D eigenvalue weighted by Gasteiger charge is -2.40. The van der Waals surface area contributed by atoms with Crippen molar-refractivity contribution in [3.63, 3.8) is 0 Å². The highest BCUT2D eigenvalue weighted by Crippen LogP contribution is 2.32. The van der Waals surface area contributed by atoms with Crippen LogP contribution >= 0.6 is 0 Å². The lowest BCUT2D eigenvalue weighted by atomic mass is 9.90. The zero-order valence-corrected chi connectivity index (χ0v) is 15.7. The number of carbonyl (C=O) groups excluding carboxylic acids is 2. The molecule has 1 saturated heterocycles. The quantitative estimate of drug-likeness (QED) is 0.916. The number of nitrogens with one attached hydrogen (secondary N) is 1. The Labute approximate surface area is 155 Å². The number of rotatable bonds is 3. The van der Waals surface area contributed by atoms with Crippen molar-refractivity contribution in [2.75, 3.05) is 6.54 Å². The molecular weight excluding hydrogens is 324 g/mol. The van der Waals surface area contributed by atoms with Gasteiger partial charge in [0.15, 0.2) is 0 Å². The average Bonchev–Trinajstić information content (AvgIpc) is 2.60. The molecule has 2 aromatic carbocycles. The summed E-state index contributed by atoms with van der Waals surface area (Å²) in [6.45, 7) is 6.21. The summed E-state index contributed by atoms with van der Waals surface area (Å²) in [5.74, 6) is 0.0443. The number of hydrogen-bond donors (Lipinski definition) is 1. The van der Waals surface area contributed by atoms with E-state index in [0.29, 0.717) is 6.54 Å². The van der Waals surface area contributed by atoms with E-state index in [9.17, 15) is 9.59 Å². The summed E-state index contributed by atoms with van der Waals surface area (Å²) in [6.07, 6.45) is 1.51. The molecule has 136 valence electrons. The van der Waals surface area contributed by atoms with E-state index in [-0.39, 0.29) is 23.9 Å². The maximum Gasteiger partial charge on any atom is 0.254 e. The van der Waals surface area contributed by atoms with Gasteiger partial charge in [-0.3, -0.25) is 9.59 Å². The third-order valence-electron chi connectivity index (χ3n) is 4.92. The second-order valence-electron chi connectivity index (χ2n) is 7.22. The largest absolute Gasteiger partial charge is 0.353 e. The van der Waals surface area contributed by atoms with Gasteiger partial charge in [-0.05, 0) is 44.4 Å². The number of piperidine rings is 1. The summed E-state index contributed by atoms with van der Waals surface area (Å²) in [5, 5.41) is 3.02. The number of nitrogens with zero attached hydrogens (tertiary/aromatic N) is 1. The average molecular weight is 350 g/mol. The molecule has 0 spiro atoms. The first-order chi connectivity index (χ1) is 12.4. The molecule has 1 heterocycles. The molecule has 3 rings (SSSR count). The molecule has 0 saturated carbocycles. The fourth-order valence-electron chi connectivity index (χ4n) is 3.88. The predicted molar refractivity (Wildman–Crippen MR) is 103 cm³/mol. The van der Waals surface area contributed by atoms with E-state index in [4.69, 9.17) is 0 Å². The van der Waals surface area contributed by atoms with Gasteiger partial charge in [-0.2, -0.15) is 0 Å². The van der Waals surface area contributed by atoms with Crippen LogP contribution in [0, 0.1) is 13.8 Å². The van der Waals surface area contributed by atoms with E-state index < -0.39 is 0 Å². The fourth-order valence-corrected chi connectivity index (χ4v) is 3.88. The minimum absolute atomic E-state index is 0.0177. The van der Waals surface area contributed by atoms with Crippen LogP contribution in [0.3, 0.4) is 0 Å². The minimum Gasteiger partial charge on any atom is -0.353 e. The second-order valence-corrected chi connectivity index (χ2v) is 7.22. The molecule has 1 aliphatic heterocycles. The van der Waals surface area contributed by atoms with Gasteiger partial charge in [0.25, 0.3) is 5.91 Å². The van der Waals surface area contributed by atoms with Gasteiger partial charge in [0, 0.05) is 25.1 Å². The fraction of sp³-hybridized carbons (Fsp3) is 0.364. The lowest BCUT2D eigenvalue weighted by molar-refractivity contribution is -0.120. The number of aryl methyl sites for hydroxylation is 2. The molecule has 0 aromatic heterocycles. The lowest BCUT2D eigenvalue weighted by Crippen LogP contribution is -2.47. The predicted octanol–water partition coefficient (Wildman–Crippen LogP) is 3.79. The number of carbonyl (C=O) groups is 2. The Balaban J connectivity index is 1.90. The van der Waals surface area contributed by atoms with E-state index in [1.807, 2.05) is 49.1 Å². The first kappa shape index (κ1) is 18.2. The van der Waals surface area contributed by atoms with Gasteiger partial charge in [0.2, 0.25) is 5.91 Å². The molecule has 0 radical (unpaired) electrons. The summed E-state index contributed by atoms with van der Waals surface area (Å²) < 4.78 is 0. The zero-order valence-electron chi connectivity index (χ0n) is 15.7. The highest BCUT2D eigenvalue weighted by atomic mass is 16.2. The van der Waals surface area contributed by atoms with Gasteiger partial charge in [-0.25, -0.2) is 0 Å². The van der Waals surface area contributed by atoms with E-state index in [1.54, 1.807) is 6.92 Å². The Morgan fingerprint density at radius 2 is 1.69 bits per heavy atom. The number of likely N-dealkylation sites (tertiary alicyclic amines) is 1. The van der Waals surface area contributed by atoms with Crippen LogP contribution in [0.25, 0.3) is 0 Å². The maximum absolute atomic E-state index is 13.3. The Morgan fingerprint density at radius 3 is 2.31 bits per heavy atom. The smallest absolute Gasteiger partial charge is 0.254 e. The van der Waals surface area contributed by atoms with E-state index in [2.05, 4.69) is 23.5 Å². The summed E-state index contributed by atoms with van der Waals surface area (Å²) in [7, 11) is 0. The summed E-state index contributed by atoms with van der Waals surface area (Å²) in [5.41, 5.74) is 4.04. The Kier molecular flexibility index (Phi) is 5.40. The molecule has 1 aliphatic rings. The third kappa shape index (κ3) is 4.13. The Bertz CT molecular complexity index is 781. The Hall–Kier alpha value is -2.62. The molecular formula is C22H26N2O2. The first-order valence-electron chi connectivity index (χ1n) is 9.15. The van der Waals surface area contributed by atoms with Crippen LogP contribution < -0.4 is 5.32 Å². The van der Waals surface area contributed by atoms with Crippen molar-refractivity contribution in [1.82, 2.24) is 10.2 Å². The van der Waals surface area contributed by atoms with Gasteiger partial charge in [-0.15, -0.1) is 0 Å². The van der Waals surface area contributed by atoms with E-state index in [0.717, 1.165) is 35.1 Å². The van der Waals surface area contributed by atoms with Crippen LogP contribution in [-0.2, 0) is 4.79 Å². The van der Waals surface area contributed by atoms with Crippen molar-refractivity contribution < 1.29 is 9.59 Å². The highest BCUT2D eigenvalue weighted by Gasteiger charge is 2.33. The molecule has 0 aliphatic carbocycles. The van der Waals surface area contributed by atoms with Gasteiger partial charge in [-0.1, -0.05) is 47.5 Å². The van der Waals surface area contributed by atoms with E-state index >= 15 is 0 Å². The van der Waals surface area contributed by atoms with Crippen LogP contribution in [0.2, 0.25) is 0 Å². The monoisotopic (exact) mass is 350 g/mol. The molecule has 26 heavy (non-hydrogen) atoms. The molecule has 0 bridgehead atoms. The van der Waals surface area contributed by atoms with Crippen LogP contribution in [0.4, 0.5) is 0 Å². The molecule has 2 atom stereocenters. The topological polar surface area (TPSA) is 49.4 Å². The van der Waals surface area contributed by atoms with Crippen molar-refractivity contribution in [2.45, 2.75) is 45.7 Å². The summed E-state index contributed by atoms with van der Waals surface area (Å²) >= 11 is 0. The van der Waals surface area contributed by atoms with Crippen LogP contribution in [0.1, 0.15) is 52.9 Å². The van der Waals surface area contributed by atoms with Crippen molar-refractivity contribution >= 4 is 11.8 Å². The van der Waals surface area contributed by atoms with Crippen LogP contribution in [0.15, 0.2) is 48.5 Å². The maximum atomic E-state index is 13.3. The molecule has 2 unspecified atom stereocenters. The molecule has 2 aromatic rings. The van der Waals surface area contributed by atoms with Crippen molar-refractivity contribution in [2.24, 2.45) is 0 Å². The molecule has 1 N–H and O–H groups in total. The zero-order chi connectivity index (χ0) is 18.7. The first-order valence-corrected chi connectivity index (χ1v) is 9.15. The van der Waals surface area contributed by atoms with Crippen LogP contribution in [0.5, 0.6) is 0 Å². The van der Waals surface area contributed by atoms with E-state index in [1.165, 1.54) is 0 Å². The summed E-state index contributed by atoms with van der Waals surface area (Å²) in [6, 6.07) is 16.1. The standard InChI is InChI=1S/C22H26N2O2/c1-15-11-16(2)13-19(12-15)22(26)24-10-9-20(23-17(3)25)14-21(24)18-7-5-4-6-8-18/h4-8,11-13,20-21H,9-10,14H2,1-3H3,(H,23,25). The molecule has 2 amide bonds. The Morgan fingerprint density at radius 1 is 1.04 bits per heavy atom.